The van der Waals surface area contributed by atoms with Gasteiger partial charge in [0.1, 0.15) is 0 Å². The number of benzene rings is 2. The maximum atomic E-state index is 15.8. The van der Waals surface area contributed by atoms with E-state index in [1.807, 2.05) is 24.3 Å². The van der Waals surface area contributed by atoms with Crippen LogP contribution >= 0.6 is 0 Å². The molecule has 0 aliphatic carbocycles. The number of piperidine rings is 1. The normalized spacial score (nSPS) is 13.7. The first-order valence-corrected chi connectivity index (χ1v) is 14.3. The lowest BCUT2D eigenvalue weighted by Crippen LogP contribution is -2.35. The van der Waals surface area contributed by atoms with Crippen molar-refractivity contribution in [1.29, 1.82) is 0 Å². The highest BCUT2D eigenvalue weighted by molar-refractivity contribution is 6.05. The van der Waals surface area contributed by atoms with E-state index in [4.69, 9.17) is 0 Å². The van der Waals surface area contributed by atoms with Crippen LogP contribution in [0.15, 0.2) is 71.8 Å². The van der Waals surface area contributed by atoms with E-state index in [1.165, 1.54) is 16.8 Å². The second-order valence-corrected chi connectivity index (χ2v) is 10.5. The van der Waals surface area contributed by atoms with Crippen molar-refractivity contribution in [2.45, 2.75) is 45.1 Å². The molecule has 5 rings (SSSR count). The Morgan fingerprint density at radius 3 is 2.60 bits per heavy atom. The smallest absolute Gasteiger partial charge is 0.293 e. The predicted molar refractivity (Wildman–Crippen MR) is 163 cm³/mol. The highest BCUT2D eigenvalue weighted by Gasteiger charge is 2.19. The van der Waals surface area contributed by atoms with Crippen molar-refractivity contribution in [3.05, 3.63) is 94.4 Å². The summed E-state index contributed by atoms with van der Waals surface area (Å²) in [6.45, 7) is 3.63. The number of aryl methyl sites for hydroxylation is 2. The minimum atomic E-state index is -0.655. The number of hydrogen-bond acceptors (Lipinski definition) is 7. The maximum Gasteiger partial charge on any atom is 0.293 e. The number of carbonyl (C=O) groups is 1. The first-order valence-electron chi connectivity index (χ1n) is 14.3. The fourth-order valence-electron chi connectivity index (χ4n) is 5.04. The lowest BCUT2D eigenvalue weighted by Gasteiger charge is -2.31. The number of aliphatic hydroxyl groups excluding tert-OH is 1. The fraction of sp³-hybridized carbons (Fsp3) is 0.312. The summed E-state index contributed by atoms with van der Waals surface area (Å²) in [7, 11) is 1.58. The van der Waals surface area contributed by atoms with Gasteiger partial charge in [0.15, 0.2) is 11.6 Å². The van der Waals surface area contributed by atoms with E-state index in [-0.39, 0.29) is 34.4 Å². The lowest BCUT2D eigenvalue weighted by atomic mass is 10.1. The van der Waals surface area contributed by atoms with Gasteiger partial charge in [-0.25, -0.2) is 9.37 Å². The molecule has 4 aromatic rings. The average Bonchev–Trinajstić information content (AvgIpc) is 3.00. The summed E-state index contributed by atoms with van der Waals surface area (Å²) < 4.78 is 17.1. The molecule has 1 amide bonds. The number of nitrogens with one attached hydrogen (secondary N) is 2. The van der Waals surface area contributed by atoms with E-state index in [9.17, 15) is 14.7 Å². The van der Waals surface area contributed by atoms with Gasteiger partial charge in [-0.2, -0.15) is 0 Å². The third kappa shape index (κ3) is 6.49. The van der Waals surface area contributed by atoms with E-state index < -0.39 is 11.7 Å². The third-order valence-corrected chi connectivity index (χ3v) is 7.46. The Labute approximate surface area is 244 Å². The molecule has 1 aliphatic heterocycles. The number of hydrogen-bond donors (Lipinski definition) is 3. The molecule has 2 aromatic heterocycles. The van der Waals surface area contributed by atoms with Crippen LogP contribution in [0.2, 0.25) is 0 Å². The van der Waals surface area contributed by atoms with Crippen molar-refractivity contribution in [3.63, 3.8) is 0 Å². The summed E-state index contributed by atoms with van der Waals surface area (Å²) in [5.41, 5.74) is 2.80. The van der Waals surface area contributed by atoms with E-state index >= 15 is 4.39 Å². The van der Waals surface area contributed by atoms with Gasteiger partial charge >= 0.3 is 0 Å². The van der Waals surface area contributed by atoms with Crippen LogP contribution in [0.25, 0.3) is 11.3 Å². The molecule has 42 heavy (non-hydrogen) atoms. The Bertz CT molecular complexity index is 1610. The van der Waals surface area contributed by atoms with Gasteiger partial charge in [-0.1, -0.05) is 19.4 Å². The van der Waals surface area contributed by atoms with Crippen LogP contribution in [0, 0.1) is 5.82 Å². The standard InChI is InChI=1S/C32H35FN6O3/c1-3-4-9-26-25(8-6-17-34-26)31(41)37-27-10-5-7-24(29(27)33)28-20-38(2)32(42)30(36-28)35-21-11-13-22(14-12-21)39-18-15-23(40)16-19-39/h5-8,10-14,17,20,23,40H,3-4,9,15-16,18-19H2,1-2H3,(H,35,36)(H,37,41). The maximum absolute atomic E-state index is 15.8. The lowest BCUT2D eigenvalue weighted by molar-refractivity contribution is 0.102. The van der Waals surface area contributed by atoms with Crippen LogP contribution in [-0.4, -0.2) is 44.7 Å². The largest absolute Gasteiger partial charge is 0.393 e. The number of aliphatic hydroxyl groups is 1. The van der Waals surface area contributed by atoms with Crippen molar-refractivity contribution < 1.29 is 14.3 Å². The molecule has 0 bridgehead atoms. The second-order valence-electron chi connectivity index (χ2n) is 10.5. The van der Waals surface area contributed by atoms with Gasteiger partial charge in [0.25, 0.3) is 11.5 Å². The summed E-state index contributed by atoms with van der Waals surface area (Å²) in [6.07, 6.45) is 6.85. The molecule has 0 saturated carbocycles. The first-order chi connectivity index (χ1) is 20.3. The van der Waals surface area contributed by atoms with Gasteiger partial charge in [-0.3, -0.25) is 14.6 Å². The van der Waals surface area contributed by atoms with Gasteiger partial charge in [0.2, 0.25) is 0 Å². The van der Waals surface area contributed by atoms with Crippen LogP contribution < -0.4 is 21.1 Å². The van der Waals surface area contributed by atoms with Crippen LogP contribution in [0.1, 0.15) is 48.7 Å². The van der Waals surface area contributed by atoms with Gasteiger partial charge in [-0.05, 0) is 74.2 Å². The van der Waals surface area contributed by atoms with Gasteiger partial charge in [0.05, 0.1) is 28.7 Å². The molecule has 218 valence electrons. The monoisotopic (exact) mass is 570 g/mol. The Kier molecular flexibility index (Phi) is 8.92. The quantitative estimate of drug-likeness (QED) is 0.251. The number of amides is 1. The van der Waals surface area contributed by atoms with E-state index in [0.717, 1.165) is 44.5 Å². The number of halogens is 1. The molecule has 10 heteroatoms. The molecular weight excluding hydrogens is 535 g/mol. The summed E-state index contributed by atoms with van der Waals surface area (Å²) in [4.78, 5) is 37.0. The number of pyridine rings is 1. The van der Waals surface area contributed by atoms with Gasteiger partial charge < -0.3 is 25.2 Å². The van der Waals surface area contributed by atoms with Crippen LogP contribution in [0.4, 0.5) is 27.3 Å². The topological polar surface area (TPSA) is 112 Å². The first kappa shape index (κ1) is 28.9. The van der Waals surface area contributed by atoms with E-state index in [0.29, 0.717) is 23.4 Å². The van der Waals surface area contributed by atoms with E-state index in [2.05, 4.69) is 32.4 Å². The van der Waals surface area contributed by atoms with Crippen molar-refractivity contribution in [1.82, 2.24) is 14.5 Å². The van der Waals surface area contributed by atoms with Crippen LogP contribution in [0.5, 0.6) is 0 Å². The molecule has 3 heterocycles. The Morgan fingerprint density at radius 1 is 1.10 bits per heavy atom. The molecule has 1 saturated heterocycles. The summed E-state index contributed by atoms with van der Waals surface area (Å²) in [5.74, 6) is -1.04. The number of rotatable bonds is 9. The molecule has 0 unspecified atom stereocenters. The highest BCUT2D eigenvalue weighted by atomic mass is 19.1. The van der Waals surface area contributed by atoms with Crippen molar-refractivity contribution >= 4 is 28.8 Å². The summed E-state index contributed by atoms with van der Waals surface area (Å²) in [5, 5.41) is 15.5. The Balaban J connectivity index is 1.37. The van der Waals surface area contributed by atoms with E-state index in [1.54, 1.807) is 37.5 Å². The number of unbranched alkanes of at least 4 members (excludes halogenated alkanes) is 1. The molecule has 1 fully saturated rings. The molecule has 3 N–H and O–H groups in total. The number of nitrogens with zero attached hydrogens (tertiary/aromatic N) is 4. The van der Waals surface area contributed by atoms with Crippen molar-refractivity contribution in [2.75, 3.05) is 28.6 Å². The third-order valence-electron chi connectivity index (χ3n) is 7.46. The molecule has 9 nitrogen and oxygen atoms in total. The zero-order valence-electron chi connectivity index (χ0n) is 23.8. The van der Waals surface area contributed by atoms with Gasteiger partial charge in [0, 0.05) is 49.5 Å². The molecule has 1 aliphatic rings. The number of anilines is 4. The zero-order chi connectivity index (χ0) is 29.6. The zero-order valence-corrected chi connectivity index (χ0v) is 23.8. The number of aromatic nitrogens is 3. The van der Waals surface area contributed by atoms with Crippen LogP contribution in [-0.2, 0) is 13.5 Å². The summed E-state index contributed by atoms with van der Waals surface area (Å²) in [6, 6.07) is 15.7. The van der Waals surface area contributed by atoms with Gasteiger partial charge in [-0.15, -0.1) is 0 Å². The second kappa shape index (κ2) is 12.9. The minimum Gasteiger partial charge on any atom is -0.393 e. The van der Waals surface area contributed by atoms with Crippen LogP contribution in [0.3, 0.4) is 0 Å². The Morgan fingerprint density at radius 2 is 1.86 bits per heavy atom. The molecular formula is C32H35FN6O3. The fourth-order valence-corrected chi connectivity index (χ4v) is 5.04. The molecule has 0 radical (unpaired) electrons. The Hall–Kier alpha value is -4.57. The average molecular weight is 571 g/mol. The molecule has 2 aromatic carbocycles. The predicted octanol–water partition coefficient (Wildman–Crippen LogP) is 5.28. The molecule has 0 atom stereocenters. The van der Waals surface area contributed by atoms with Crippen molar-refractivity contribution in [2.24, 2.45) is 7.05 Å². The molecule has 0 spiro atoms. The highest BCUT2D eigenvalue weighted by Crippen LogP contribution is 2.28. The van der Waals surface area contributed by atoms with Crippen molar-refractivity contribution in [3.8, 4) is 11.3 Å². The summed E-state index contributed by atoms with van der Waals surface area (Å²) >= 11 is 0. The minimum absolute atomic E-state index is 0.00813. The number of carbonyl (C=O) groups excluding carboxylic acids is 1. The SMILES string of the molecule is CCCCc1ncccc1C(=O)Nc1cccc(-c2cn(C)c(=O)c(Nc3ccc(N4CCC(O)CC4)cc3)n2)c1F.